The Bertz CT molecular complexity index is 729. The second-order valence-electron chi connectivity index (χ2n) is 9.09. The van der Waals surface area contributed by atoms with Crippen molar-refractivity contribution in [1.29, 1.82) is 0 Å². The smallest absolute Gasteiger partial charge is 0.217 e. The van der Waals surface area contributed by atoms with E-state index in [1.165, 1.54) is 6.92 Å². The van der Waals surface area contributed by atoms with Gasteiger partial charge < -0.3 is 75.0 Å². The fraction of sp³-hybridized carbons (Fsp3) is 0.950. The van der Waals surface area contributed by atoms with E-state index in [2.05, 4.69) is 5.32 Å². The summed E-state index contributed by atoms with van der Waals surface area (Å²) < 4.78 is 27.0. The summed E-state index contributed by atoms with van der Waals surface area (Å²) in [5.41, 5.74) is 0. The maximum atomic E-state index is 11.7. The summed E-state index contributed by atoms with van der Waals surface area (Å²) >= 11 is 0. The van der Waals surface area contributed by atoms with Crippen LogP contribution in [0.2, 0.25) is 0 Å². The first kappa shape index (κ1) is 29.5. The zero-order chi connectivity index (χ0) is 26.9. The summed E-state index contributed by atoms with van der Waals surface area (Å²) in [5, 5.41) is 93.3. The van der Waals surface area contributed by atoms with Gasteiger partial charge in [0.15, 0.2) is 18.9 Å². The van der Waals surface area contributed by atoms with E-state index in [0.29, 0.717) is 0 Å². The van der Waals surface area contributed by atoms with E-state index in [4.69, 9.17) is 23.7 Å². The first-order valence-corrected chi connectivity index (χ1v) is 11.4. The molecule has 3 aliphatic heterocycles. The monoisotopic (exact) mass is 529 g/mol. The van der Waals surface area contributed by atoms with Crippen LogP contribution in [-0.2, 0) is 28.5 Å². The molecule has 210 valence electrons. The van der Waals surface area contributed by atoms with Crippen molar-refractivity contribution in [3.05, 3.63) is 0 Å². The van der Waals surface area contributed by atoms with Crippen LogP contribution in [0, 0.1) is 0 Å². The fourth-order valence-electron chi connectivity index (χ4n) is 4.30. The van der Waals surface area contributed by atoms with Crippen molar-refractivity contribution in [2.24, 2.45) is 0 Å². The molecule has 1 amide bonds. The maximum absolute atomic E-state index is 11.7. The van der Waals surface area contributed by atoms with E-state index < -0.39 is 111 Å². The predicted octanol–water partition coefficient (Wildman–Crippen LogP) is -6.40. The van der Waals surface area contributed by atoms with E-state index in [1.54, 1.807) is 0 Å². The van der Waals surface area contributed by atoms with Gasteiger partial charge in [-0.2, -0.15) is 0 Å². The molecule has 0 aromatic heterocycles. The van der Waals surface area contributed by atoms with Crippen molar-refractivity contribution in [2.75, 3.05) is 13.2 Å². The number of ether oxygens (including phenoxy) is 5. The highest BCUT2D eigenvalue weighted by atomic mass is 16.7. The lowest BCUT2D eigenvalue weighted by atomic mass is 9.95. The Hall–Kier alpha value is -1.09. The molecular formula is C20H35NO15. The Balaban J connectivity index is 1.74. The minimum absolute atomic E-state index is 0.531. The van der Waals surface area contributed by atoms with E-state index in [0.717, 1.165) is 6.92 Å². The highest BCUT2D eigenvalue weighted by Gasteiger charge is 2.51. The third-order valence-electron chi connectivity index (χ3n) is 6.44. The number of hydrogen-bond donors (Lipinski definition) is 10. The Morgan fingerprint density at radius 3 is 2.00 bits per heavy atom. The van der Waals surface area contributed by atoms with Gasteiger partial charge >= 0.3 is 0 Å². The molecular weight excluding hydrogens is 494 g/mol. The molecule has 3 aliphatic rings. The van der Waals surface area contributed by atoms with Crippen LogP contribution in [0.25, 0.3) is 0 Å². The number of carbonyl (C=O) groups is 1. The van der Waals surface area contributed by atoms with Crippen LogP contribution in [-0.4, -0.2) is 157 Å². The molecule has 0 spiro atoms. The Labute approximate surface area is 205 Å². The average Bonchev–Trinajstić information content (AvgIpc) is 2.83. The molecule has 3 fully saturated rings. The normalized spacial score (nSPS) is 50.0. The quantitative estimate of drug-likeness (QED) is 0.147. The van der Waals surface area contributed by atoms with Gasteiger partial charge in [-0.1, -0.05) is 0 Å². The minimum atomic E-state index is -1.83. The third kappa shape index (κ3) is 6.13. The summed E-state index contributed by atoms with van der Waals surface area (Å²) in [6.45, 7) is 1.30. The Kier molecular flexibility index (Phi) is 9.97. The highest BCUT2D eigenvalue weighted by molar-refractivity contribution is 5.73. The lowest BCUT2D eigenvalue weighted by Crippen LogP contribution is -2.68. The molecule has 0 bridgehead atoms. The van der Waals surface area contributed by atoms with E-state index in [9.17, 15) is 50.8 Å². The molecule has 16 nitrogen and oxygen atoms in total. The molecule has 0 saturated carbocycles. The molecule has 15 atom stereocenters. The molecule has 0 aromatic carbocycles. The Morgan fingerprint density at radius 2 is 1.39 bits per heavy atom. The molecule has 3 saturated heterocycles. The summed E-state index contributed by atoms with van der Waals surface area (Å²) in [6, 6.07) is -1.39. The molecule has 16 heteroatoms. The van der Waals surface area contributed by atoms with Crippen LogP contribution in [0.3, 0.4) is 0 Å². The summed E-state index contributed by atoms with van der Waals surface area (Å²) in [7, 11) is 0. The van der Waals surface area contributed by atoms with E-state index in [1.807, 2.05) is 0 Å². The van der Waals surface area contributed by atoms with Crippen molar-refractivity contribution in [3.8, 4) is 0 Å². The predicted molar refractivity (Wildman–Crippen MR) is 111 cm³/mol. The molecule has 36 heavy (non-hydrogen) atoms. The number of rotatable bonds is 7. The summed E-state index contributed by atoms with van der Waals surface area (Å²) in [4.78, 5) is 11.7. The third-order valence-corrected chi connectivity index (χ3v) is 6.44. The molecule has 0 unspecified atom stereocenters. The topological polar surface area (TPSA) is 257 Å². The molecule has 3 heterocycles. The molecule has 10 N–H and O–H groups in total. The fourth-order valence-corrected chi connectivity index (χ4v) is 4.30. The number of nitrogens with one attached hydrogen (secondary N) is 1. The van der Waals surface area contributed by atoms with Crippen molar-refractivity contribution in [1.82, 2.24) is 5.32 Å². The van der Waals surface area contributed by atoms with Crippen LogP contribution >= 0.6 is 0 Å². The first-order valence-electron chi connectivity index (χ1n) is 11.4. The highest BCUT2D eigenvalue weighted by Crippen LogP contribution is 2.30. The van der Waals surface area contributed by atoms with Crippen LogP contribution in [0.1, 0.15) is 13.8 Å². The standard InChI is InChI=1S/C20H35NO15/c1-5-10(24)13(27)15(29)19(33-5)32-4-8-12(26)17(9(18(31)34-8)21-6(2)23)36-20-16(30)14(28)11(25)7(3-22)35-20/h5,7-20,22,24-31H,3-4H2,1-2H3,(H,21,23)/t5-,7+,8+,9+,10+,11-,12+,13+,14-,15-,16+,17+,18-,19+,20-/m0/s1. The number of amides is 1. The second-order valence-corrected chi connectivity index (χ2v) is 9.09. The van der Waals surface area contributed by atoms with Crippen LogP contribution in [0.15, 0.2) is 0 Å². The van der Waals surface area contributed by atoms with Gasteiger partial charge in [0.25, 0.3) is 0 Å². The molecule has 3 rings (SSSR count). The molecule has 0 aliphatic carbocycles. The van der Waals surface area contributed by atoms with Gasteiger partial charge in [0.05, 0.1) is 19.3 Å². The number of aliphatic hydroxyl groups excluding tert-OH is 9. The van der Waals surface area contributed by atoms with Crippen LogP contribution in [0.5, 0.6) is 0 Å². The Morgan fingerprint density at radius 1 is 0.778 bits per heavy atom. The van der Waals surface area contributed by atoms with Crippen molar-refractivity contribution in [2.45, 2.75) is 106 Å². The van der Waals surface area contributed by atoms with Crippen molar-refractivity contribution >= 4 is 5.91 Å². The van der Waals surface area contributed by atoms with Crippen molar-refractivity contribution in [3.63, 3.8) is 0 Å². The van der Waals surface area contributed by atoms with Crippen LogP contribution in [0.4, 0.5) is 0 Å². The van der Waals surface area contributed by atoms with Gasteiger partial charge in [-0.25, -0.2) is 0 Å². The number of hydrogen-bond acceptors (Lipinski definition) is 15. The second kappa shape index (κ2) is 12.2. The summed E-state index contributed by atoms with van der Waals surface area (Å²) in [5.74, 6) is -0.632. The maximum Gasteiger partial charge on any atom is 0.217 e. The van der Waals surface area contributed by atoms with E-state index in [-0.39, 0.29) is 0 Å². The SMILES string of the molecule is CC(=O)N[C@@H]1[C@@H](O[C@@H]2O[C@H](CO)[C@H](O)[C@H](O)[C@H]2O)[C@H](O)[C@@H](CO[C@@H]2O[C@@H](C)[C@@H](O)[C@@H](O)[C@@H]2O)O[C@@H]1O. The summed E-state index contributed by atoms with van der Waals surface area (Å²) in [6.07, 6.45) is -21.6. The van der Waals surface area contributed by atoms with Gasteiger partial charge in [0, 0.05) is 6.92 Å². The zero-order valence-electron chi connectivity index (χ0n) is 19.5. The van der Waals surface area contributed by atoms with Gasteiger partial charge in [-0.15, -0.1) is 0 Å². The lowest BCUT2D eigenvalue weighted by molar-refractivity contribution is -0.347. The van der Waals surface area contributed by atoms with Crippen LogP contribution < -0.4 is 5.32 Å². The first-order chi connectivity index (χ1) is 16.9. The van der Waals surface area contributed by atoms with Crippen molar-refractivity contribution < 1.29 is 74.4 Å². The zero-order valence-corrected chi connectivity index (χ0v) is 19.5. The van der Waals surface area contributed by atoms with E-state index >= 15 is 0 Å². The van der Waals surface area contributed by atoms with Gasteiger partial charge in [0.2, 0.25) is 5.91 Å². The molecule has 0 radical (unpaired) electrons. The number of aliphatic hydroxyl groups is 9. The largest absolute Gasteiger partial charge is 0.394 e. The minimum Gasteiger partial charge on any atom is -0.394 e. The van der Waals surface area contributed by atoms with Gasteiger partial charge in [0.1, 0.15) is 67.1 Å². The lowest BCUT2D eigenvalue weighted by Gasteiger charge is -2.47. The average molecular weight is 529 g/mol. The van der Waals surface area contributed by atoms with Gasteiger partial charge in [-0.05, 0) is 6.92 Å². The van der Waals surface area contributed by atoms with Gasteiger partial charge in [-0.3, -0.25) is 4.79 Å². The number of carbonyl (C=O) groups excluding carboxylic acids is 1. The molecule has 0 aromatic rings.